The van der Waals surface area contributed by atoms with E-state index in [1.807, 2.05) is 12.1 Å². The molecule has 1 aromatic carbocycles. The fraction of sp³-hybridized carbons (Fsp3) is 0.625. The van der Waals surface area contributed by atoms with Crippen LogP contribution in [0.1, 0.15) is 39.0 Å². The predicted molar refractivity (Wildman–Crippen MR) is 80.5 cm³/mol. The van der Waals surface area contributed by atoms with Gasteiger partial charge < -0.3 is 20.1 Å². The molecule has 20 heavy (non-hydrogen) atoms. The van der Waals surface area contributed by atoms with E-state index in [1.54, 1.807) is 0 Å². The zero-order chi connectivity index (χ0) is 13.8. The standard InChI is InChI=1S/C16H24N2O2/c1-12(9-13-5-3-2-4-8-17-13)18-14-6-7-15-16(10-14)20-11-19-15/h6-7,10,12-13,17-18H,2-5,8-9,11H2,1H3. The first-order valence-electron chi connectivity index (χ1n) is 7.71. The molecule has 110 valence electrons. The van der Waals surface area contributed by atoms with E-state index in [0.717, 1.165) is 23.6 Å². The van der Waals surface area contributed by atoms with Gasteiger partial charge in [0.15, 0.2) is 11.5 Å². The molecule has 1 aromatic rings. The monoisotopic (exact) mass is 276 g/mol. The predicted octanol–water partition coefficient (Wildman–Crippen LogP) is 3.14. The summed E-state index contributed by atoms with van der Waals surface area (Å²) in [6.45, 7) is 3.75. The minimum Gasteiger partial charge on any atom is -0.454 e. The highest BCUT2D eigenvalue weighted by molar-refractivity contribution is 5.55. The molecule has 0 bridgehead atoms. The maximum atomic E-state index is 5.41. The van der Waals surface area contributed by atoms with E-state index >= 15 is 0 Å². The molecule has 2 aliphatic rings. The van der Waals surface area contributed by atoms with Crippen LogP contribution in [0.4, 0.5) is 5.69 Å². The van der Waals surface area contributed by atoms with Crippen molar-refractivity contribution in [3.05, 3.63) is 18.2 Å². The minimum absolute atomic E-state index is 0.334. The summed E-state index contributed by atoms with van der Waals surface area (Å²) in [5, 5.41) is 7.22. The second-order valence-electron chi connectivity index (χ2n) is 5.85. The Kier molecular flexibility index (Phi) is 4.31. The molecule has 4 heteroatoms. The molecule has 2 aliphatic heterocycles. The van der Waals surface area contributed by atoms with Gasteiger partial charge in [-0.05, 0) is 44.9 Å². The average Bonchev–Trinajstić information content (AvgIpc) is 2.75. The molecule has 1 fully saturated rings. The van der Waals surface area contributed by atoms with E-state index in [0.29, 0.717) is 18.9 Å². The third kappa shape index (κ3) is 3.37. The van der Waals surface area contributed by atoms with Crippen LogP contribution in [0.2, 0.25) is 0 Å². The molecule has 0 spiro atoms. The molecule has 1 saturated heterocycles. The lowest BCUT2D eigenvalue weighted by Crippen LogP contribution is -2.33. The number of hydrogen-bond acceptors (Lipinski definition) is 4. The van der Waals surface area contributed by atoms with E-state index in [2.05, 4.69) is 23.6 Å². The molecule has 0 aromatic heterocycles. The van der Waals surface area contributed by atoms with Crippen LogP contribution in [0.25, 0.3) is 0 Å². The van der Waals surface area contributed by atoms with Crippen LogP contribution < -0.4 is 20.1 Å². The molecule has 3 rings (SSSR count). The maximum Gasteiger partial charge on any atom is 0.231 e. The Labute approximate surface area is 120 Å². The summed E-state index contributed by atoms with van der Waals surface area (Å²) in [5.74, 6) is 1.68. The van der Waals surface area contributed by atoms with Crippen LogP contribution in [0, 0.1) is 0 Å². The molecule has 2 heterocycles. The van der Waals surface area contributed by atoms with Gasteiger partial charge in [-0.2, -0.15) is 0 Å². The van der Waals surface area contributed by atoms with Crippen molar-refractivity contribution in [1.82, 2.24) is 5.32 Å². The van der Waals surface area contributed by atoms with Crippen molar-refractivity contribution in [2.45, 2.75) is 51.1 Å². The van der Waals surface area contributed by atoms with Crippen molar-refractivity contribution in [2.24, 2.45) is 0 Å². The SMILES string of the molecule is CC(CC1CCCCCN1)Nc1ccc2c(c1)OCO2. The Morgan fingerprint density at radius 1 is 1.25 bits per heavy atom. The molecule has 0 aliphatic carbocycles. The van der Waals surface area contributed by atoms with Crippen LogP contribution in [0.15, 0.2) is 18.2 Å². The molecule has 2 atom stereocenters. The first kappa shape index (κ1) is 13.6. The van der Waals surface area contributed by atoms with Gasteiger partial charge in [-0.25, -0.2) is 0 Å². The highest BCUT2D eigenvalue weighted by Gasteiger charge is 2.17. The summed E-state index contributed by atoms with van der Waals surface area (Å²) in [4.78, 5) is 0. The van der Waals surface area contributed by atoms with Crippen LogP contribution >= 0.6 is 0 Å². The summed E-state index contributed by atoms with van der Waals surface area (Å²) in [7, 11) is 0. The lowest BCUT2D eigenvalue weighted by Gasteiger charge is -2.22. The van der Waals surface area contributed by atoms with E-state index < -0.39 is 0 Å². The first-order chi connectivity index (χ1) is 9.81. The van der Waals surface area contributed by atoms with Crippen molar-refractivity contribution in [3.63, 3.8) is 0 Å². The molecule has 0 amide bonds. The number of nitrogens with one attached hydrogen (secondary N) is 2. The van der Waals surface area contributed by atoms with Gasteiger partial charge in [-0.3, -0.25) is 0 Å². The summed E-state index contributed by atoms with van der Waals surface area (Å²) >= 11 is 0. The topological polar surface area (TPSA) is 42.5 Å². The second kappa shape index (κ2) is 6.35. The number of benzene rings is 1. The van der Waals surface area contributed by atoms with E-state index in [-0.39, 0.29) is 0 Å². The summed E-state index contributed by atoms with van der Waals surface area (Å²) in [6, 6.07) is 7.16. The van der Waals surface area contributed by atoms with Gasteiger partial charge in [-0.1, -0.05) is 12.8 Å². The largest absolute Gasteiger partial charge is 0.454 e. The van der Waals surface area contributed by atoms with Gasteiger partial charge in [0.05, 0.1) is 0 Å². The Bertz CT molecular complexity index is 442. The summed E-state index contributed by atoms with van der Waals surface area (Å²) in [5.41, 5.74) is 1.11. The van der Waals surface area contributed by atoms with E-state index in [4.69, 9.17) is 9.47 Å². The Balaban J connectivity index is 1.54. The van der Waals surface area contributed by atoms with Crippen molar-refractivity contribution >= 4 is 5.69 Å². The van der Waals surface area contributed by atoms with Gasteiger partial charge in [0.2, 0.25) is 6.79 Å². The highest BCUT2D eigenvalue weighted by Crippen LogP contribution is 2.34. The Hall–Kier alpha value is -1.42. The third-order valence-corrected chi connectivity index (χ3v) is 4.09. The Morgan fingerprint density at radius 3 is 3.10 bits per heavy atom. The van der Waals surface area contributed by atoms with Gasteiger partial charge >= 0.3 is 0 Å². The number of fused-ring (bicyclic) bond motifs is 1. The van der Waals surface area contributed by atoms with Crippen LogP contribution in [0.5, 0.6) is 11.5 Å². The lowest BCUT2D eigenvalue weighted by atomic mass is 10.0. The van der Waals surface area contributed by atoms with Gasteiger partial charge in [0.1, 0.15) is 0 Å². The van der Waals surface area contributed by atoms with Gasteiger partial charge in [0.25, 0.3) is 0 Å². The molecular formula is C16H24N2O2. The van der Waals surface area contributed by atoms with Crippen LogP contribution in [-0.2, 0) is 0 Å². The van der Waals surface area contributed by atoms with Crippen molar-refractivity contribution in [2.75, 3.05) is 18.7 Å². The van der Waals surface area contributed by atoms with E-state index in [9.17, 15) is 0 Å². The van der Waals surface area contributed by atoms with Crippen LogP contribution in [0.3, 0.4) is 0 Å². The van der Waals surface area contributed by atoms with Gasteiger partial charge in [-0.15, -0.1) is 0 Å². The number of anilines is 1. The van der Waals surface area contributed by atoms with Gasteiger partial charge in [0, 0.05) is 23.8 Å². The zero-order valence-electron chi connectivity index (χ0n) is 12.2. The molecular weight excluding hydrogens is 252 g/mol. The lowest BCUT2D eigenvalue weighted by molar-refractivity contribution is 0.174. The molecule has 2 N–H and O–H groups in total. The number of hydrogen-bond donors (Lipinski definition) is 2. The van der Waals surface area contributed by atoms with Crippen molar-refractivity contribution in [3.8, 4) is 11.5 Å². The molecule has 4 nitrogen and oxygen atoms in total. The fourth-order valence-electron chi connectivity index (χ4n) is 3.06. The summed E-state index contributed by atoms with van der Waals surface area (Å²) < 4.78 is 10.7. The smallest absolute Gasteiger partial charge is 0.231 e. The maximum absolute atomic E-state index is 5.41. The van der Waals surface area contributed by atoms with Crippen molar-refractivity contribution < 1.29 is 9.47 Å². The average molecular weight is 276 g/mol. The zero-order valence-corrected chi connectivity index (χ0v) is 12.2. The number of rotatable bonds is 4. The number of ether oxygens (including phenoxy) is 2. The van der Waals surface area contributed by atoms with E-state index in [1.165, 1.54) is 32.2 Å². The van der Waals surface area contributed by atoms with Crippen LogP contribution in [-0.4, -0.2) is 25.4 Å². The fourth-order valence-corrected chi connectivity index (χ4v) is 3.06. The molecule has 0 radical (unpaired) electrons. The first-order valence-corrected chi connectivity index (χ1v) is 7.71. The highest BCUT2D eigenvalue weighted by atomic mass is 16.7. The minimum atomic E-state index is 0.334. The Morgan fingerprint density at radius 2 is 2.15 bits per heavy atom. The second-order valence-corrected chi connectivity index (χ2v) is 5.85. The quantitative estimate of drug-likeness (QED) is 0.886. The molecule has 2 unspecified atom stereocenters. The molecule has 0 saturated carbocycles. The summed E-state index contributed by atoms with van der Waals surface area (Å²) in [6.07, 6.45) is 6.50. The normalized spacial score (nSPS) is 23.1. The van der Waals surface area contributed by atoms with Crippen molar-refractivity contribution in [1.29, 1.82) is 0 Å². The third-order valence-electron chi connectivity index (χ3n) is 4.09.